The monoisotopic (exact) mass is 501 g/mol. The minimum atomic E-state index is -3.60. The fourth-order valence-electron chi connectivity index (χ4n) is 3.82. The van der Waals surface area contributed by atoms with Gasteiger partial charge in [0.1, 0.15) is 9.79 Å². The Kier molecular flexibility index (Phi) is 5.87. The number of sulfonamides is 1. The lowest BCUT2D eigenvalue weighted by Gasteiger charge is -2.30. The van der Waals surface area contributed by atoms with E-state index in [-0.39, 0.29) is 16.7 Å². The first kappa shape index (κ1) is 22.0. The van der Waals surface area contributed by atoms with Gasteiger partial charge in [-0.15, -0.1) is 22.7 Å². The van der Waals surface area contributed by atoms with Gasteiger partial charge >= 0.3 is 5.63 Å². The lowest BCUT2D eigenvalue weighted by Crippen LogP contribution is -2.43. The van der Waals surface area contributed by atoms with Crippen LogP contribution in [0.5, 0.6) is 0 Å². The molecule has 5 rings (SSSR count). The maximum Gasteiger partial charge on any atom is 0.345 e. The first-order chi connectivity index (χ1) is 15.9. The Labute approximate surface area is 197 Å². The number of rotatable bonds is 5. The Bertz CT molecular complexity index is 1470. The van der Waals surface area contributed by atoms with Gasteiger partial charge in [0.2, 0.25) is 5.91 Å². The van der Waals surface area contributed by atoms with E-state index in [0.29, 0.717) is 41.4 Å². The molecule has 1 atom stereocenters. The van der Waals surface area contributed by atoms with Crippen molar-refractivity contribution < 1.29 is 17.6 Å². The molecule has 1 aliphatic rings. The molecule has 170 valence electrons. The molecule has 4 heterocycles. The van der Waals surface area contributed by atoms with E-state index in [1.165, 1.54) is 27.0 Å². The molecule has 1 unspecified atom stereocenters. The summed E-state index contributed by atoms with van der Waals surface area (Å²) in [6, 6.07) is 12.2. The van der Waals surface area contributed by atoms with Gasteiger partial charge in [0.15, 0.2) is 5.13 Å². The van der Waals surface area contributed by atoms with E-state index in [1.807, 2.05) is 12.1 Å². The van der Waals surface area contributed by atoms with Crippen molar-refractivity contribution in [1.29, 1.82) is 0 Å². The van der Waals surface area contributed by atoms with Crippen LogP contribution in [0, 0.1) is 5.92 Å². The Morgan fingerprint density at radius 2 is 2.03 bits per heavy atom. The van der Waals surface area contributed by atoms with Crippen molar-refractivity contribution in [3.63, 3.8) is 0 Å². The lowest BCUT2D eigenvalue weighted by atomic mass is 9.99. The topological polar surface area (TPSA) is 110 Å². The van der Waals surface area contributed by atoms with Gasteiger partial charge in [0.25, 0.3) is 10.0 Å². The van der Waals surface area contributed by atoms with E-state index in [0.717, 1.165) is 5.39 Å². The number of carbonyl (C=O) groups excluding carboxylic acids is 1. The van der Waals surface area contributed by atoms with Crippen LogP contribution >= 0.6 is 22.7 Å². The summed E-state index contributed by atoms with van der Waals surface area (Å²) in [6.07, 6.45) is 1.19. The number of amides is 1. The number of nitrogens with zero attached hydrogens (tertiary/aromatic N) is 2. The molecule has 0 radical (unpaired) electrons. The van der Waals surface area contributed by atoms with Crippen LogP contribution in [0.1, 0.15) is 12.8 Å². The number of hydrogen-bond acceptors (Lipinski definition) is 8. The highest BCUT2D eigenvalue weighted by atomic mass is 32.2. The molecule has 1 N–H and O–H groups in total. The van der Waals surface area contributed by atoms with Crippen LogP contribution in [0.2, 0.25) is 0 Å². The zero-order chi connectivity index (χ0) is 23.0. The normalized spacial score (nSPS) is 17.3. The number of piperidine rings is 1. The summed E-state index contributed by atoms with van der Waals surface area (Å²) < 4.78 is 32.7. The number of carbonyl (C=O) groups is 1. The molecule has 11 heteroatoms. The first-order valence-electron chi connectivity index (χ1n) is 10.2. The minimum absolute atomic E-state index is 0.124. The van der Waals surface area contributed by atoms with Crippen molar-refractivity contribution >= 4 is 54.7 Å². The summed E-state index contributed by atoms with van der Waals surface area (Å²) in [5, 5.41) is 7.31. The smallest absolute Gasteiger partial charge is 0.345 e. The van der Waals surface area contributed by atoms with Crippen LogP contribution in [-0.4, -0.2) is 36.7 Å². The second kappa shape index (κ2) is 8.82. The number of aromatic nitrogens is 1. The zero-order valence-electron chi connectivity index (χ0n) is 17.3. The Morgan fingerprint density at radius 3 is 2.85 bits per heavy atom. The second-order valence-electron chi connectivity index (χ2n) is 7.65. The summed E-state index contributed by atoms with van der Waals surface area (Å²) in [6.45, 7) is 0.516. The predicted octanol–water partition coefficient (Wildman–Crippen LogP) is 4.02. The van der Waals surface area contributed by atoms with Crippen LogP contribution in [0.4, 0.5) is 5.13 Å². The van der Waals surface area contributed by atoms with Gasteiger partial charge in [-0.3, -0.25) is 4.79 Å². The van der Waals surface area contributed by atoms with Gasteiger partial charge in [0, 0.05) is 23.9 Å². The third kappa shape index (κ3) is 4.36. The molecule has 8 nitrogen and oxygen atoms in total. The molecule has 33 heavy (non-hydrogen) atoms. The van der Waals surface area contributed by atoms with Crippen LogP contribution in [0.25, 0.3) is 22.2 Å². The molecular formula is C22H19N3O5S3. The van der Waals surface area contributed by atoms with Crippen molar-refractivity contribution in [1.82, 2.24) is 9.29 Å². The quantitative estimate of drug-likeness (QED) is 0.414. The summed E-state index contributed by atoms with van der Waals surface area (Å²) in [4.78, 5) is 29.6. The molecule has 0 saturated carbocycles. The Morgan fingerprint density at radius 1 is 1.18 bits per heavy atom. The highest BCUT2D eigenvalue weighted by Gasteiger charge is 2.34. The van der Waals surface area contributed by atoms with E-state index in [9.17, 15) is 18.0 Å². The molecule has 0 bridgehead atoms. The number of fused-ring (bicyclic) bond motifs is 1. The highest BCUT2D eigenvalue weighted by molar-refractivity contribution is 7.91. The number of thiazole rings is 1. The second-order valence-corrected chi connectivity index (χ2v) is 11.6. The van der Waals surface area contributed by atoms with E-state index in [1.54, 1.807) is 41.1 Å². The van der Waals surface area contributed by atoms with Gasteiger partial charge in [-0.2, -0.15) is 4.31 Å². The van der Waals surface area contributed by atoms with E-state index in [2.05, 4.69) is 10.3 Å². The molecule has 1 aliphatic heterocycles. The summed E-state index contributed by atoms with van der Waals surface area (Å²) >= 11 is 2.37. The number of anilines is 1. The SMILES string of the molecule is O=C(Nc1nc(-c2cc3ccccc3oc2=O)cs1)C1CCCN(S(=O)(=O)c2cccs2)C1. The average Bonchev–Trinajstić information content (AvgIpc) is 3.52. The van der Waals surface area contributed by atoms with Crippen LogP contribution in [0.3, 0.4) is 0 Å². The number of nitrogens with one attached hydrogen (secondary N) is 1. The predicted molar refractivity (Wildman–Crippen MR) is 128 cm³/mol. The number of benzene rings is 1. The van der Waals surface area contributed by atoms with Crippen LogP contribution in [0.15, 0.2) is 66.6 Å². The van der Waals surface area contributed by atoms with Gasteiger partial charge in [-0.05, 0) is 36.4 Å². The maximum absolute atomic E-state index is 12.9. The molecule has 1 amide bonds. The van der Waals surface area contributed by atoms with Gasteiger partial charge in [-0.25, -0.2) is 18.2 Å². The molecule has 1 aromatic carbocycles. The maximum atomic E-state index is 12.9. The number of hydrogen-bond donors (Lipinski definition) is 1. The third-order valence-electron chi connectivity index (χ3n) is 5.50. The standard InChI is InChI=1S/C22H19N3O5S3/c26-20(15-6-3-9-25(12-15)33(28,29)19-8-4-10-31-19)24-22-23-17(13-32-22)16-11-14-5-1-2-7-18(14)30-21(16)27/h1-2,4-5,7-8,10-11,13,15H,3,6,9,12H2,(H,23,24,26). The number of para-hydroxylation sites is 1. The number of thiophene rings is 1. The molecular weight excluding hydrogens is 482 g/mol. The van der Waals surface area contributed by atoms with Crippen molar-refractivity contribution in [3.8, 4) is 11.3 Å². The summed E-state index contributed by atoms with van der Waals surface area (Å²) in [5.74, 6) is -0.765. The van der Waals surface area contributed by atoms with Crippen molar-refractivity contribution in [2.24, 2.45) is 5.92 Å². The Balaban J connectivity index is 1.31. The van der Waals surface area contributed by atoms with Crippen LogP contribution in [-0.2, 0) is 14.8 Å². The molecule has 3 aromatic heterocycles. The van der Waals surface area contributed by atoms with Crippen molar-refractivity contribution in [2.75, 3.05) is 18.4 Å². The third-order valence-corrected chi connectivity index (χ3v) is 9.49. The minimum Gasteiger partial charge on any atom is -0.422 e. The van der Waals surface area contributed by atoms with Crippen molar-refractivity contribution in [2.45, 2.75) is 17.1 Å². The van der Waals surface area contributed by atoms with Gasteiger partial charge in [-0.1, -0.05) is 24.3 Å². The van der Waals surface area contributed by atoms with Crippen molar-refractivity contribution in [3.05, 3.63) is 63.6 Å². The molecule has 1 fully saturated rings. The van der Waals surface area contributed by atoms with Crippen LogP contribution < -0.4 is 10.9 Å². The zero-order valence-corrected chi connectivity index (χ0v) is 19.7. The summed E-state index contributed by atoms with van der Waals surface area (Å²) in [5.41, 5.74) is 0.727. The van der Waals surface area contributed by atoms with E-state index >= 15 is 0 Å². The highest BCUT2D eigenvalue weighted by Crippen LogP contribution is 2.29. The average molecular weight is 502 g/mol. The van der Waals surface area contributed by atoms with E-state index < -0.39 is 21.6 Å². The molecule has 0 spiro atoms. The largest absolute Gasteiger partial charge is 0.422 e. The van der Waals surface area contributed by atoms with Gasteiger partial charge in [0.05, 0.1) is 17.2 Å². The fraction of sp³-hybridized carbons (Fsp3) is 0.227. The van der Waals surface area contributed by atoms with E-state index in [4.69, 9.17) is 4.42 Å². The molecule has 4 aromatic rings. The molecule has 0 aliphatic carbocycles. The summed E-state index contributed by atoms with van der Waals surface area (Å²) in [7, 11) is -3.60. The fourth-order valence-corrected chi connectivity index (χ4v) is 7.20. The Hall–Kier alpha value is -2.86. The van der Waals surface area contributed by atoms with Gasteiger partial charge < -0.3 is 9.73 Å². The first-order valence-corrected chi connectivity index (χ1v) is 13.4. The lowest BCUT2D eigenvalue weighted by molar-refractivity contribution is -0.120. The molecule has 1 saturated heterocycles.